The van der Waals surface area contributed by atoms with Crippen LogP contribution >= 0.6 is 15.9 Å². The minimum absolute atomic E-state index is 0.339. The number of anilines is 1. The molecule has 0 radical (unpaired) electrons. The molecule has 1 unspecified atom stereocenters. The molecule has 1 rings (SSSR count). The third-order valence-corrected chi connectivity index (χ3v) is 1.80. The number of aliphatic hydroxyl groups excluding tert-OH is 1. The summed E-state index contributed by atoms with van der Waals surface area (Å²) in [6.07, 6.45) is 1.38. The van der Waals surface area contributed by atoms with Gasteiger partial charge < -0.3 is 10.4 Å². The van der Waals surface area contributed by atoms with Gasteiger partial charge in [0.2, 0.25) is 0 Å². The molecule has 0 aromatic carbocycles. The van der Waals surface area contributed by atoms with Gasteiger partial charge in [-0.2, -0.15) is 0 Å². The average molecular weight is 231 g/mol. The van der Waals surface area contributed by atoms with Crippen molar-refractivity contribution in [2.24, 2.45) is 0 Å². The van der Waals surface area contributed by atoms with Gasteiger partial charge in [0, 0.05) is 6.54 Å². The number of halogens is 1. The summed E-state index contributed by atoms with van der Waals surface area (Å²) in [5.41, 5.74) is 0.916. The molecule has 1 atom stereocenters. The Morgan fingerprint density at radius 3 is 2.92 bits per heavy atom. The highest BCUT2D eigenvalue weighted by Crippen LogP contribution is 2.09. The molecule has 1 heterocycles. The highest BCUT2D eigenvalue weighted by Gasteiger charge is 1.95. The highest BCUT2D eigenvalue weighted by atomic mass is 79.9. The van der Waals surface area contributed by atoms with Crippen LogP contribution in [-0.4, -0.2) is 22.7 Å². The largest absolute Gasteiger partial charge is 0.392 e. The summed E-state index contributed by atoms with van der Waals surface area (Å²) in [6.45, 7) is 2.28. The lowest BCUT2D eigenvalue weighted by molar-refractivity contribution is 0.208. The van der Waals surface area contributed by atoms with Crippen LogP contribution in [0.2, 0.25) is 0 Å². The molecule has 66 valence electrons. The van der Waals surface area contributed by atoms with Crippen LogP contribution in [0.5, 0.6) is 0 Å². The maximum absolute atomic E-state index is 8.98. The first kappa shape index (κ1) is 9.48. The lowest BCUT2D eigenvalue weighted by atomic mass is 10.3. The molecule has 3 nitrogen and oxygen atoms in total. The van der Waals surface area contributed by atoms with Crippen molar-refractivity contribution in [1.29, 1.82) is 0 Å². The van der Waals surface area contributed by atoms with Crippen molar-refractivity contribution in [2.45, 2.75) is 13.0 Å². The van der Waals surface area contributed by atoms with Gasteiger partial charge in [0.25, 0.3) is 0 Å². The zero-order valence-electron chi connectivity index (χ0n) is 6.79. The van der Waals surface area contributed by atoms with E-state index in [9.17, 15) is 0 Å². The number of nitrogens with one attached hydrogen (secondary N) is 1. The molecule has 1 aromatic rings. The summed E-state index contributed by atoms with van der Waals surface area (Å²) in [5, 5.41) is 12.0. The van der Waals surface area contributed by atoms with E-state index < -0.39 is 0 Å². The predicted molar refractivity (Wildman–Crippen MR) is 52.1 cm³/mol. The van der Waals surface area contributed by atoms with Crippen LogP contribution in [0.4, 0.5) is 5.69 Å². The second kappa shape index (κ2) is 4.42. The lowest BCUT2D eigenvalue weighted by Crippen LogP contribution is -2.15. The summed E-state index contributed by atoms with van der Waals surface area (Å²) < 4.78 is 0.810. The summed E-state index contributed by atoms with van der Waals surface area (Å²) in [5.74, 6) is 0. The van der Waals surface area contributed by atoms with Crippen LogP contribution in [0.1, 0.15) is 6.92 Å². The van der Waals surface area contributed by atoms with Crippen LogP contribution < -0.4 is 5.32 Å². The molecule has 2 N–H and O–H groups in total. The Balaban J connectivity index is 2.48. The van der Waals surface area contributed by atoms with Crippen molar-refractivity contribution >= 4 is 21.6 Å². The molecule has 0 aliphatic rings. The monoisotopic (exact) mass is 230 g/mol. The molecule has 4 heteroatoms. The smallest absolute Gasteiger partial charge is 0.106 e. The van der Waals surface area contributed by atoms with Gasteiger partial charge in [0.1, 0.15) is 4.60 Å². The third kappa shape index (κ3) is 3.19. The maximum atomic E-state index is 8.98. The lowest BCUT2D eigenvalue weighted by Gasteiger charge is -2.07. The molecule has 0 aliphatic carbocycles. The molecule has 12 heavy (non-hydrogen) atoms. The molecule has 0 fully saturated rings. The third-order valence-electron chi connectivity index (χ3n) is 1.33. The van der Waals surface area contributed by atoms with Crippen molar-refractivity contribution in [2.75, 3.05) is 11.9 Å². The van der Waals surface area contributed by atoms with E-state index in [1.807, 2.05) is 12.1 Å². The van der Waals surface area contributed by atoms with E-state index in [0.717, 1.165) is 10.3 Å². The molecule has 0 saturated carbocycles. The van der Waals surface area contributed by atoms with E-state index >= 15 is 0 Å². The van der Waals surface area contributed by atoms with Gasteiger partial charge >= 0.3 is 0 Å². The van der Waals surface area contributed by atoms with Gasteiger partial charge in [-0.3, -0.25) is 0 Å². The topological polar surface area (TPSA) is 45.1 Å². The van der Waals surface area contributed by atoms with Gasteiger partial charge in [0.05, 0.1) is 18.0 Å². The first-order chi connectivity index (χ1) is 5.68. The molecule has 0 amide bonds. The van der Waals surface area contributed by atoms with Gasteiger partial charge in [-0.15, -0.1) is 0 Å². The molecule has 0 bridgehead atoms. The fraction of sp³-hybridized carbons (Fsp3) is 0.375. The van der Waals surface area contributed by atoms with Crippen molar-refractivity contribution in [3.8, 4) is 0 Å². The number of aromatic nitrogens is 1. The first-order valence-corrected chi connectivity index (χ1v) is 4.51. The Labute approximate surface area is 80.0 Å². The summed E-state index contributed by atoms with van der Waals surface area (Å²) >= 11 is 3.24. The normalized spacial score (nSPS) is 12.6. The zero-order valence-corrected chi connectivity index (χ0v) is 8.37. The molecular weight excluding hydrogens is 220 g/mol. The number of aliphatic hydroxyl groups is 1. The molecule has 0 aliphatic heterocycles. The van der Waals surface area contributed by atoms with Crippen molar-refractivity contribution in [1.82, 2.24) is 4.98 Å². The highest BCUT2D eigenvalue weighted by molar-refractivity contribution is 9.10. The minimum atomic E-state index is -0.339. The number of rotatable bonds is 3. The summed E-state index contributed by atoms with van der Waals surface area (Å²) in [7, 11) is 0. The standard InChI is InChI=1S/C8H11BrN2O/c1-6(12)4-10-7-2-3-8(9)11-5-7/h2-3,5-6,10,12H,4H2,1H3. The van der Waals surface area contributed by atoms with Crippen molar-refractivity contribution in [3.63, 3.8) is 0 Å². The van der Waals surface area contributed by atoms with Crippen molar-refractivity contribution in [3.05, 3.63) is 22.9 Å². The molecule has 1 aromatic heterocycles. The second-order valence-electron chi connectivity index (χ2n) is 2.60. The quantitative estimate of drug-likeness (QED) is 0.777. The van der Waals surface area contributed by atoms with Crippen LogP contribution in [0.15, 0.2) is 22.9 Å². The predicted octanol–water partition coefficient (Wildman–Crippen LogP) is 1.64. The second-order valence-corrected chi connectivity index (χ2v) is 3.41. The van der Waals surface area contributed by atoms with Crippen LogP contribution in [-0.2, 0) is 0 Å². The first-order valence-electron chi connectivity index (χ1n) is 3.72. The molecule has 0 spiro atoms. The van der Waals surface area contributed by atoms with Gasteiger partial charge in [-0.1, -0.05) is 0 Å². The van der Waals surface area contributed by atoms with Gasteiger partial charge in [-0.05, 0) is 35.0 Å². The van der Waals surface area contributed by atoms with Crippen LogP contribution in [0, 0.1) is 0 Å². The molecule has 0 saturated heterocycles. The Morgan fingerprint density at radius 1 is 1.67 bits per heavy atom. The van der Waals surface area contributed by atoms with Crippen molar-refractivity contribution < 1.29 is 5.11 Å². The van der Waals surface area contributed by atoms with Gasteiger partial charge in [0.15, 0.2) is 0 Å². The number of hydrogen-bond donors (Lipinski definition) is 2. The zero-order chi connectivity index (χ0) is 8.97. The Hall–Kier alpha value is -0.610. The van der Waals surface area contributed by atoms with E-state index in [-0.39, 0.29) is 6.10 Å². The van der Waals surface area contributed by atoms with Crippen LogP contribution in [0.3, 0.4) is 0 Å². The molecular formula is C8H11BrN2O. The van der Waals surface area contributed by atoms with E-state index in [1.165, 1.54) is 0 Å². The Morgan fingerprint density at radius 2 is 2.42 bits per heavy atom. The number of nitrogens with zero attached hydrogens (tertiary/aromatic N) is 1. The summed E-state index contributed by atoms with van der Waals surface area (Å²) in [4.78, 5) is 4.03. The fourth-order valence-corrected chi connectivity index (χ4v) is 0.980. The van der Waals surface area contributed by atoms with E-state index in [4.69, 9.17) is 5.11 Å². The van der Waals surface area contributed by atoms with E-state index in [1.54, 1.807) is 13.1 Å². The maximum Gasteiger partial charge on any atom is 0.106 e. The fourth-order valence-electron chi connectivity index (χ4n) is 0.746. The Kier molecular flexibility index (Phi) is 3.49. The van der Waals surface area contributed by atoms with E-state index in [2.05, 4.69) is 26.2 Å². The SMILES string of the molecule is CC(O)CNc1ccc(Br)nc1. The van der Waals surface area contributed by atoms with Crippen LogP contribution in [0.25, 0.3) is 0 Å². The number of hydrogen-bond acceptors (Lipinski definition) is 3. The van der Waals surface area contributed by atoms with E-state index in [0.29, 0.717) is 6.54 Å². The summed E-state index contributed by atoms with van der Waals surface area (Å²) in [6, 6.07) is 3.75. The van der Waals surface area contributed by atoms with Gasteiger partial charge in [-0.25, -0.2) is 4.98 Å². The number of pyridine rings is 1. The minimum Gasteiger partial charge on any atom is -0.392 e. The average Bonchev–Trinajstić information content (AvgIpc) is 2.03. The Bertz CT molecular complexity index is 235.